The first-order valence-electron chi connectivity index (χ1n) is 5.61. The van der Waals surface area contributed by atoms with Gasteiger partial charge in [0.15, 0.2) is 0 Å². The van der Waals surface area contributed by atoms with Crippen molar-refractivity contribution in [3.8, 4) is 0 Å². The van der Waals surface area contributed by atoms with Gasteiger partial charge in [0.2, 0.25) is 0 Å². The summed E-state index contributed by atoms with van der Waals surface area (Å²) in [5.74, 6) is 0. The van der Waals surface area contributed by atoms with Crippen LogP contribution in [0, 0.1) is 0 Å². The highest BCUT2D eigenvalue weighted by molar-refractivity contribution is 5.14. The Kier molecular flexibility index (Phi) is 4.09. The number of aliphatic hydroxyl groups is 3. The molecule has 1 heterocycles. The Morgan fingerprint density at radius 2 is 1.82 bits per heavy atom. The fourth-order valence-electron chi connectivity index (χ4n) is 1.80. The van der Waals surface area contributed by atoms with Crippen molar-refractivity contribution in [2.75, 3.05) is 6.61 Å². The SMILES string of the molecule is O[C@H]1[C@@H](O)COC(NCc2ccccc2)[C@@H]1O. The van der Waals surface area contributed by atoms with Crippen molar-refractivity contribution >= 4 is 0 Å². The molecular formula is C12H17NO4. The van der Waals surface area contributed by atoms with Crippen LogP contribution in [0.15, 0.2) is 30.3 Å². The number of hydrogen-bond donors (Lipinski definition) is 4. The van der Waals surface area contributed by atoms with E-state index in [0.29, 0.717) is 6.54 Å². The van der Waals surface area contributed by atoms with E-state index in [4.69, 9.17) is 4.74 Å². The summed E-state index contributed by atoms with van der Waals surface area (Å²) < 4.78 is 5.22. The van der Waals surface area contributed by atoms with E-state index < -0.39 is 24.5 Å². The van der Waals surface area contributed by atoms with Crippen LogP contribution in [-0.4, -0.2) is 46.5 Å². The molecule has 0 radical (unpaired) electrons. The fraction of sp³-hybridized carbons (Fsp3) is 0.500. The van der Waals surface area contributed by atoms with Gasteiger partial charge in [-0.05, 0) is 5.56 Å². The van der Waals surface area contributed by atoms with Crippen molar-refractivity contribution in [1.29, 1.82) is 0 Å². The first-order chi connectivity index (χ1) is 8.18. The molecule has 1 unspecified atom stereocenters. The number of hydrogen-bond acceptors (Lipinski definition) is 5. The van der Waals surface area contributed by atoms with E-state index >= 15 is 0 Å². The van der Waals surface area contributed by atoms with Crippen LogP contribution in [0.3, 0.4) is 0 Å². The van der Waals surface area contributed by atoms with Crippen LogP contribution in [0.1, 0.15) is 5.56 Å². The summed E-state index contributed by atoms with van der Waals surface area (Å²) in [6.07, 6.45) is -3.98. The van der Waals surface area contributed by atoms with E-state index in [2.05, 4.69) is 5.32 Å². The Morgan fingerprint density at radius 3 is 2.53 bits per heavy atom. The first kappa shape index (κ1) is 12.5. The van der Waals surface area contributed by atoms with Crippen LogP contribution in [0.5, 0.6) is 0 Å². The molecule has 17 heavy (non-hydrogen) atoms. The summed E-state index contributed by atoms with van der Waals surface area (Å²) in [4.78, 5) is 0. The lowest BCUT2D eigenvalue weighted by Gasteiger charge is -2.35. The van der Waals surface area contributed by atoms with Crippen molar-refractivity contribution in [2.24, 2.45) is 0 Å². The molecular weight excluding hydrogens is 222 g/mol. The van der Waals surface area contributed by atoms with Gasteiger partial charge in [-0.25, -0.2) is 0 Å². The van der Waals surface area contributed by atoms with Gasteiger partial charge in [0.1, 0.15) is 24.5 Å². The Labute approximate surface area is 99.7 Å². The molecule has 0 aliphatic carbocycles. The van der Waals surface area contributed by atoms with Crippen molar-refractivity contribution in [1.82, 2.24) is 5.32 Å². The van der Waals surface area contributed by atoms with Gasteiger partial charge in [-0.3, -0.25) is 5.32 Å². The van der Waals surface area contributed by atoms with Crippen LogP contribution < -0.4 is 5.32 Å². The zero-order chi connectivity index (χ0) is 12.3. The fourth-order valence-corrected chi connectivity index (χ4v) is 1.80. The number of nitrogens with one attached hydrogen (secondary N) is 1. The number of aliphatic hydroxyl groups excluding tert-OH is 3. The maximum Gasteiger partial charge on any atom is 0.137 e. The van der Waals surface area contributed by atoms with E-state index in [0.717, 1.165) is 5.56 Å². The van der Waals surface area contributed by atoms with Crippen molar-refractivity contribution in [3.63, 3.8) is 0 Å². The van der Waals surface area contributed by atoms with E-state index in [1.807, 2.05) is 30.3 Å². The normalized spacial score (nSPS) is 33.6. The van der Waals surface area contributed by atoms with Gasteiger partial charge in [-0.15, -0.1) is 0 Å². The lowest BCUT2D eigenvalue weighted by atomic mass is 10.0. The van der Waals surface area contributed by atoms with Crippen molar-refractivity contribution in [3.05, 3.63) is 35.9 Å². The summed E-state index contributed by atoms with van der Waals surface area (Å²) in [6, 6.07) is 9.68. The third kappa shape index (κ3) is 3.02. The Hall–Kier alpha value is -0.980. The number of ether oxygens (including phenoxy) is 1. The largest absolute Gasteiger partial charge is 0.388 e. The highest BCUT2D eigenvalue weighted by Gasteiger charge is 2.37. The van der Waals surface area contributed by atoms with Gasteiger partial charge < -0.3 is 20.1 Å². The Bertz CT molecular complexity index is 346. The van der Waals surface area contributed by atoms with E-state index in [9.17, 15) is 15.3 Å². The minimum atomic E-state index is -1.17. The smallest absolute Gasteiger partial charge is 0.137 e. The second kappa shape index (κ2) is 5.57. The van der Waals surface area contributed by atoms with Crippen molar-refractivity contribution in [2.45, 2.75) is 31.1 Å². The minimum absolute atomic E-state index is 0.0185. The van der Waals surface area contributed by atoms with E-state index in [1.54, 1.807) is 0 Å². The Balaban J connectivity index is 1.87. The van der Waals surface area contributed by atoms with Crippen molar-refractivity contribution < 1.29 is 20.1 Å². The first-order valence-corrected chi connectivity index (χ1v) is 5.61. The summed E-state index contributed by atoms with van der Waals surface area (Å²) in [5, 5.41) is 31.5. The summed E-state index contributed by atoms with van der Waals surface area (Å²) in [6.45, 7) is 0.552. The number of benzene rings is 1. The molecule has 1 aromatic carbocycles. The van der Waals surface area contributed by atoms with Crippen LogP contribution in [0.2, 0.25) is 0 Å². The molecule has 1 aliphatic heterocycles. The van der Waals surface area contributed by atoms with Crippen LogP contribution in [-0.2, 0) is 11.3 Å². The van der Waals surface area contributed by atoms with E-state index in [1.165, 1.54) is 0 Å². The maximum absolute atomic E-state index is 9.69. The third-order valence-electron chi connectivity index (χ3n) is 2.85. The molecule has 1 fully saturated rings. The highest BCUT2D eigenvalue weighted by atomic mass is 16.5. The third-order valence-corrected chi connectivity index (χ3v) is 2.85. The standard InChI is InChI=1S/C12H17NO4/c14-9-7-17-12(11(16)10(9)15)13-6-8-4-2-1-3-5-8/h1-5,9-16H,6-7H2/t9-,10-,11+,12?/m0/s1. The monoisotopic (exact) mass is 239 g/mol. The minimum Gasteiger partial charge on any atom is -0.388 e. The molecule has 4 atom stereocenters. The topological polar surface area (TPSA) is 82.0 Å². The van der Waals surface area contributed by atoms with Gasteiger partial charge >= 0.3 is 0 Å². The average Bonchev–Trinajstić information content (AvgIpc) is 2.36. The summed E-state index contributed by atoms with van der Waals surface area (Å²) in [7, 11) is 0. The molecule has 94 valence electrons. The van der Waals surface area contributed by atoms with Crippen LogP contribution >= 0.6 is 0 Å². The van der Waals surface area contributed by atoms with Crippen LogP contribution in [0.25, 0.3) is 0 Å². The molecule has 0 aromatic heterocycles. The molecule has 5 nitrogen and oxygen atoms in total. The molecule has 0 spiro atoms. The lowest BCUT2D eigenvalue weighted by Crippen LogP contribution is -2.57. The maximum atomic E-state index is 9.69. The molecule has 0 bridgehead atoms. The van der Waals surface area contributed by atoms with Gasteiger partial charge in [0, 0.05) is 6.54 Å². The molecule has 0 amide bonds. The van der Waals surface area contributed by atoms with Crippen LogP contribution in [0.4, 0.5) is 0 Å². The molecule has 2 rings (SSSR count). The average molecular weight is 239 g/mol. The lowest BCUT2D eigenvalue weighted by molar-refractivity contribution is -0.195. The molecule has 1 aliphatic rings. The zero-order valence-corrected chi connectivity index (χ0v) is 9.36. The highest BCUT2D eigenvalue weighted by Crippen LogP contribution is 2.14. The van der Waals surface area contributed by atoms with Gasteiger partial charge in [-0.2, -0.15) is 0 Å². The molecule has 4 N–H and O–H groups in total. The van der Waals surface area contributed by atoms with Gasteiger partial charge in [0.25, 0.3) is 0 Å². The second-order valence-electron chi connectivity index (χ2n) is 4.17. The predicted octanol–water partition coefficient (Wildman–Crippen LogP) is -0.785. The zero-order valence-electron chi connectivity index (χ0n) is 9.36. The summed E-state index contributed by atoms with van der Waals surface area (Å²) in [5.41, 5.74) is 1.06. The predicted molar refractivity (Wildman–Crippen MR) is 61.0 cm³/mol. The molecule has 1 aromatic rings. The van der Waals surface area contributed by atoms with Gasteiger partial charge in [0.05, 0.1) is 6.61 Å². The second-order valence-corrected chi connectivity index (χ2v) is 4.17. The van der Waals surface area contributed by atoms with E-state index in [-0.39, 0.29) is 6.61 Å². The quantitative estimate of drug-likeness (QED) is 0.556. The number of rotatable bonds is 3. The molecule has 1 saturated heterocycles. The molecule has 0 saturated carbocycles. The van der Waals surface area contributed by atoms with Gasteiger partial charge in [-0.1, -0.05) is 30.3 Å². The summed E-state index contributed by atoms with van der Waals surface area (Å²) >= 11 is 0. The Morgan fingerprint density at radius 1 is 1.12 bits per heavy atom. The molecule has 5 heteroatoms.